The van der Waals surface area contributed by atoms with Crippen LogP contribution in [0.5, 0.6) is 0 Å². The van der Waals surface area contributed by atoms with Gasteiger partial charge >= 0.3 is 12.0 Å². The predicted octanol–water partition coefficient (Wildman–Crippen LogP) is 2.66. The zero-order valence-corrected chi connectivity index (χ0v) is 17.7. The topological polar surface area (TPSA) is 125 Å². The number of hydrogen-bond donors (Lipinski definition) is 3. The molecule has 1 fully saturated rings. The normalized spacial score (nSPS) is 25.1. The van der Waals surface area contributed by atoms with Crippen molar-refractivity contribution >= 4 is 23.9 Å². The van der Waals surface area contributed by atoms with Gasteiger partial charge in [0.15, 0.2) is 0 Å². The largest absolute Gasteiger partial charge is 0.480 e. The van der Waals surface area contributed by atoms with Crippen molar-refractivity contribution in [3.63, 3.8) is 0 Å². The summed E-state index contributed by atoms with van der Waals surface area (Å²) in [6.07, 6.45) is 3.49. The number of hydrogen-bond acceptors (Lipinski definition) is 5. The fourth-order valence-corrected chi connectivity index (χ4v) is 4.16. The Bertz CT molecular complexity index is 661. The second-order valence-electron chi connectivity index (χ2n) is 10.1. The Morgan fingerprint density at radius 3 is 2.32 bits per heavy atom. The van der Waals surface area contributed by atoms with Gasteiger partial charge < -0.3 is 15.7 Å². The SMILES string of the molecule is CC1(C)CC(NC(=O)NC(CC(=O)C(C)(C)C)C(=O)O)CC(C)(CN=C=O)C1. The molecule has 3 N–H and O–H groups in total. The highest BCUT2D eigenvalue weighted by Gasteiger charge is 2.42. The van der Waals surface area contributed by atoms with E-state index in [1.807, 2.05) is 6.92 Å². The van der Waals surface area contributed by atoms with Crippen LogP contribution in [0.4, 0.5) is 4.79 Å². The molecule has 0 radical (unpaired) electrons. The molecule has 0 aromatic rings. The molecule has 0 bridgehead atoms. The summed E-state index contributed by atoms with van der Waals surface area (Å²) in [6, 6.07) is -2.09. The lowest BCUT2D eigenvalue weighted by atomic mass is 9.62. The number of carboxylic acids is 1. The molecule has 0 spiro atoms. The molecule has 0 saturated heterocycles. The molecule has 8 heteroatoms. The Morgan fingerprint density at radius 2 is 1.82 bits per heavy atom. The number of carboxylic acid groups (broad SMARTS) is 1. The van der Waals surface area contributed by atoms with Gasteiger partial charge in [0.25, 0.3) is 0 Å². The number of nitrogens with one attached hydrogen (secondary N) is 2. The fraction of sp³-hybridized carbons (Fsp3) is 0.800. The van der Waals surface area contributed by atoms with E-state index < -0.39 is 23.5 Å². The molecule has 0 aromatic heterocycles. The Labute approximate surface area is 166 Å². The van der Waals surface area contributed by atoms with E-state index in [0.717, 1.165) is 12.8 Å². The van der Waals surface area contributed by atoms with E-state index in [1.54, 1.807) is 26.9 Å². The van der Waals surface area contributed by atoms with Crippen molar-refractivity contribution in [3.8, 4) is 0 Å². The Hall–Kier alpha value is -2.21. The average Bonchev–Trinajstić information content (AvgIpc) is 2.49. The molecule has 1 rings (SSSR count). The van der Waals surface area contributed by atoms with Crippen molar-refractivity contribution in [3.05, 3.63) is 0 Å². The molecule has 2 amide bonds. The van der Waals surface area contributed by atoms with E-state index in [-0.39, 0.29) is 29.1 Å². The zero-order chi connectivity index (χ0) is 21.8. The van der Waals surface area contributed by atoms with Gasteiger partial charge in [-0.15, -0.1) is 0 Å². The summed E-state index contributed by atoms with van der Waals surface area (Å²) >= 11 is 0. The Balaban J connectivity index is 2.79. The van der Waals surface area contributed by atoms with Gasteiger partial charge in [-0.3, -0.25) is 4.79 Å². The zero-order valence-electron chi connectivity index (χ0n) is 17.7. The Kier molecular flexibility index (Phi) is 7.54. The number of nitrogens with zero attached hydrogens (tertiary/aromatic N) is 1. The van der Waals surface area contributed by atoms with Gasteiger partial charge in [0, 0.05) is 17.9 Å². The summed E-state index contributed by atoms with van der Waals surface area (Å²) in [5, 5.41) is 14.6. The third-order valence-corrected chi connectivity index (χ3v) is 5.13. The lowest BCUT2D eigenvalue weighted by Crippen LogP contribution is -2.53. The number of rotatable bonds is 7. The van der Waals surface area contributed by atoms with Gasteiger partial charge in [-0.25, -0.2) is 19.4 Å². The smallest absolute Gasteiger partial charge is 0.326 e. The van der Waals surface area contributed by atoms with Crippen LogP contribution in [0.3, 0.4) is 0 Å². The van der Waals surface area contributed by atoms with E-state index in [0.29, 0.717) is 13.0 Å². The highest BCUT2D eigenvalue weighted by atomic mass is 16.4. The number of urea groups is 1. The average molecular weight is 396 g/mol. The monoisotopic (exact) mass is 395 g/mol. The maximum atomic E-state index is 12.4. The van der Waals surface area contributed by atoms with Gasteiger partial charge in [-0.1, -0.05) is 41.5 Å². The van der Waals surface area contributed by atoms with E-state index in [1.165, 1.54) is 0 Å². The van der Waals surface area contributed by atoms with Crippen LogP contribution in [0.25, 0.3) is 0 Å². The molecule has 0 heterocycles. The molecule has 28 heavy (non-hydrogen) atoms. The van der Waals surface area contributed by atoms with Crippen molar-refractivity contribution in [2.24, 2.45) is 21.2 Å². The van der Waals surface area contributed by atoms with E-state index in [9.17, 15) is 24.3 Å². The van der Waals surface area contributed by atoms with Crippen molar-refractivity contribution < 1.29 is 24.3 Å². The van der Waals surface area contributed by atoms with Crippen LogP contribution in [0.15, 0.2) is 4.99 Å². The van der Waals surface area contributed by atoms with Gasteiger partial charge in [-0.2, -0.15) is 0 Å². The van der Waals surface area contributed by atoms with Crippen LogP contribution in [0, 0.1) is 16.2 Å². The number of isocyanates is 1. The highest BCUT2D eigenvalue weighted by molar-refractivity contribution is 5.91. The number of aliphatic imine (C=N–C) groups is 1. The second-order valence-corrected chi connectivity index (χ2v) is 10.1. The summed E-state index contributed by atoms with van der Waals surface area (Å²) < 4.78 is 0. The van der Waals surface area contributed by atoms with Gasteiger partial charge in [0.05, 0.1) is 6.54 Å². The number of ketones is 1. The van der Waals surface area contributed by atoms with Crippen molar-refractivity contribution in [2.75, 3.05) is 6.54 Å². The first-order chi connectivity index (χ1) is 12.7. The summed E-state index contributed by atoms with van der Waals surface area (Å²) in [5.41, 5.74) is -1.01. The van der Waals surface area contributed by atoms with Crippen molar-refractivity contribution in [1.82, 2.24) is 10.6 Å². The molecule has 3 unspecified atom stereocenters. The summed E-state index contributed by atoms with van der Waals surface area (Å²) in [5.74, 6) is -1.49. The molecule has 3 atom stereocenters. The third kappa shape index (κ3) is 7.43. The minimum Gasteiger partial charge on any atom is -0.480 e. The second kappa shape index (κ2) is 8.86. The van der Waals surface area contributed by atoms with Crippen molar-refractivity contribution in [2.45, 2.75) is 79.3 Å². The van der Waals surface area contributed by atoms with E-state index >= 15 is 0 Å². The van der Waals surface area contributed by atoms with Crippen LogP contribution in [-0.2, 0) is 14.4 Å². The summed E-state index contributed by atoms with van der Waals surface area (Å²) in [7, 11) is 0. The van der Waals surface area contributed by atoms with Gasteiger partial charge in [-0.05, 0) is 30.1 Å². The minimum absolute atomic E-state index is 0.0717. The van der Waals surface area contributed by atoms with Crippen LogP contribution in [-0.4, -0.2) is 47.6 Å². The standard InChI is InChI=1S/C20H33N3O5/c1-18(2,3)15(25)7-14(16(26)27)23-17(28)22-13-8-19(4,5)10-20(6,9-13)11-21-12-24/h13-14H,7-11H2,1-6H3,(H,26,27)(H2,22,23,28). The number of Topliss-reactive ketones (excluding diaryl/α,β-unsaturated/α-hetero) is 1. The van der Waals surface area contributed by atoms with E-state index in [2.05, 4.69) is 29.5 Å². The molecule has 0 aliphatic heterocycles. The molecule has 1 saturated carbocycles. The minimum atomic E-state index is -1.28. The summed E-state index contributed by atoms with van der Waals surface area (Å²) in [4.78, 5) is 50.2. The highest BCUT2D eigenvalue weighted by Crippen LogP contribution is 2.46. The lowest BCUT2D eigenvalue weighted by Gasteiger charge is -2.46. The van der Waals surface area contributed by atoms with E-state index in [4.69, 9.17) is 0 Å². The Morgan fingerprint density at radius 1 is 1.21 bits per heavy atom. The number of carbonyl (C=O) groups is 3. The lowest BCUT2D eigenvalue weighted by molar-refractivity contribution is -0.142. The fourth-order valence-electron chi connectivity index (χ4n) is 4.16. The van der Waals surface area contributed by atoms with Crippen LogP contribution < -0.4 is 10.6 Å². The van der Waals surface area contributed by atoms with Crippen molar-refractivity contribution in [1.29, 1.82) is 0 Å². The van der Waals surface area contributed by atoms with Gasteiger partial charge in [0.2, 0.25) is 6.08 Å². The number of amides is 2. The van der Waals surface area contributed by atoms with Gasteiger partial charge in [0.1, 0.15) is 11.8 Å². The quantitative estimate of drug-likeness (QED) is 0.451. The molecule has 8 nitrogen and oxygen atoms in total. The molecule has 0 aromatic carbocycles. The molecule has 1 aliphatic carbocycles. The molecular formula is C20H33N3O5. The summed E-state index contributed by atoms with van der Waals surface area (Å²) in [6.45, 7) is 11.7. The maximum absolute atomic E-state index is 12.4. The number of carbonyl (C=O) groups excluding carboxylic acids is 3. The van der Waals surface area contributed by atoms with Crippen LogP contribution in [0.2, 0.25) is 0 Å². The van der Waals surface area contributed by atoms with Crippen LogP contribution >= 0.6 is 0 Å². The molecule has 158 valence electrons. The molecule has 1 aliphatic rings. The predicted molar refractivity (Wildman–Crippen MR) is 105 cm³/mol. The maximum Gasteiger partial charge on any atom is 0.326 e. The van der Waals surface area contributed by atoms with Crippen LogP contribution in [0.1, 0.15) is 67.2 Å². The first kappa shape index (κ1) is 23.8. The first-order valence-corrected chi connectivity index (χ1v) is 9.54. The first-order valence-electron chi connectivity index (χ1n) is 9.54. The molecular weight excluding hydrogens is 362 g/mol. The third-order valence-electron chi connectivity index (χ3n) is 5.13. The number of aliphatic carboxylic acids is 1.